The number of hydrogen-bond donors (Lipinski definition) is 2. The van der Waals surface area contributed by atoms with E-state index >= 15 is 0 Å². The van der Waals surface area contributed by atoms with Crippen LogP contribution in [0.1, 0.15) is 42.6 Å². The maximum atomic E-state index is 13.3. The van der Waals surface area contributed by atoms with Crippen molar-refractivity contribution < 1.29 is 9.53 Å². The average Bonchev–Trinajstić information content (AvgIpc) is 3.48. The summed E-state index contributed by atoms with van der Waals surface area (Å²) in [6.45, 7) is 0.713. The molecule has 1 amide bonds. The van der Waals surface area contributed by atoms with Gasteiger partial charge in [0.15, 0.2) is 0 Å². The maximum Gasteiger partial charge on any atom is 0.272 e. The number of rotatable bonds is 6. The fourth-order valence-corrected chi connectivity index (χ4v) is 4.72. The summed E-state index contributed by atoms with van der Waals surface area (Å²) >= 11 is 6.15. The Hall–Kier alpha value is -3.39. The lowest BCUT2D eigenvalue weighted by Crippen LogP contribution is -2.17. The first-order valence-electron chi connectivity index (χ1n) is 11.2. The van der Waals surface area contributed by atoms with Crippen LogP contribution in [0.5, 0.6) is 5.75 Å². The SMILES string of the molecule is Cn1c(C(=O)Nc2ccc(Cl)cc2-c2nn[nH]n2)cc2cccc(OCC3CCCCC3)c21. The van der Waals surface area contributed by atoms with Gasteiger partial charge in [-0.2, -0.15) is 5.21 Å². The minimum absolute atomic E-state index is 0.251. The molecule has 9 heteroatoms. The predicted molar refractivity (Wildman–Crippen MR) is 128 cm³/mol. The minimum Gasteiger partial charge on any atom is -0.491 e. The van der Waals surface area contributed by atoms with Crippen LogP contribution in [-0.4, -0.2) is 37.7 Å². The molecule has 170 valence electrons. The van der Waals surface area contributed by atoms with Crippen LogP contribution < -0.4 is 10.1 Å². The first-order chi connectivity index (χ1) is 16.1. The lowest BCUT2D eigenvalue weighted by molar-refractivity contribution is 0.101. The van der Waals surface area contributed by atoms with Crippen LogP contribution in [0, 0.1) is 5.92 Å². The summed E-state index contributed by atoms with van der Waals surface area (Å²) in [6.07, 6.45) is 6.33. The van der Waals surface area contributed by atoms with Gasteiger partial charge in [-0.05, 0) is 54.3 Å². The molecule has 33 heavy (non-hydrogen) atoms. The first-order valence-corrected chi connectivity index (χ1v) is 11.5. The molecule has 2 N–H and O–H groups in total. The second-order valence-electron chi connectivity index (χ2n) is 8.48. The van der Waals surface area contributed by atoms with Gasteiger partial charge in [-0.15, -0.1) is 10.2 Å². The van der Waals surface area contributed by atoms with Crippen molar-refractivity contribution in [2.45, 2.75) is 32.1 Å². The smallest absolute Gasteiger partial charge is 0.272 e. The van der Waals surface area contributed by atoms with Gasteiger partial charge in [0.1, 0.15) is 11.4 Å². The lowest BCUT2D eigenvalue weighted by atomic mass is 9.90. The number of aryl methyl sites for hydroxylation is 1. The average molecular weight is 465 g/mol. The number of halogens is 1. The molecule has 0 bridgehead atoms. The van der Waals surface area contributed by atoms with Gasteiger partial charge in [0, 0.05) is 23.0 Å². The number of aromatic amines is 1. The van der Waals surface area contributed by atoms with Crippen LogP contribution in [0.25, 0.3) is 22.3 Å². The highest BCUT2D eigenvalue weighted by atomic mass is 35.5. The molecule has 2 aromatic heterocycles. The van der Waals surface area contributed by atoms with E-state index in [-0.39, 0.29) is 5.91 Å². The minimum atomic E-state index is -0.251. The van der Waals surface area contributed by atoms with Crippen molar-refractivity contribution in [1.82, 2.24) is 25.2 Å². The molecule has 1 aliphatic rings. The normalized spacial score (nSPS) is 14.5. The number of para-hydroxylation sites is 1. The highest BCUT2D eigenvalue weighted by molar-refractivity contribution is 6.31. The molecule has 0 radical (unpaired) electrons. The molecule has 5 rings (SSSR count). The number of ether oxygens (including phenoxy) is 1. The van der Waals surface area contributed by atoms with Crippen LogP contribution in [0.3, 0.4) is 0 Å². The molecule has 0 aliphatic heterocycles. The molecule has 0 unspecified atom stereocenters. The number of aromatic nitrogens is 5. The van der Waals surface area contributed by atoms with Crippen LogP contribution in [0.2, 0.25) is 5.02 Å². The fraction of sp³-hybridized carbons (Fsp3) is 0.333. The summed E-state index contributed by atoms with van der Waals surface area (Å²) in [5, 5.41) is 18.5. The Morgan fingerprint density at radius 3 is 2.85 bits per heavy atom. The Morgan fingerprint density at radius 2 is 2.06 bits per heavy atom. The molecule has 1 fully saturated rings. The predicted octanol–water partition coefficient (Wildman–Crippen LogP) is 5.22. The highest BCUT2D eigenvalue weighted by Crippen LogP contribution is 2.32. The Morgan fingerprint density at radius 1 is 1.21 bits per heavy atom. The van der Waals surface area contributed by atoms with Gasteiger partial charge >= 0.3 is 0 Å². The quantitative estimate of drug-likeness (QED) is 0.407. The van der Waals surface area contributed by atoms with Crippen molar-refractivity contribution in [1.29, 1.82) is 0 Å². The van der Waals surface area contributed by atoms with Crippen molar-refractivity contribution in [2.75, 3.05) is 11.9 Å². The van der Waals surface area contributed by atoms with Crippen molar-refractivity contribution in [2.24, 2.45) is 13.0 Å². The topological polar surface area (TPSA) is 97.7 Å². The Kier molecular flexibility index (Phi) is 6.00. The summed E-state index contributed by atoms with van der Waals surface area (Å²) < 4.78 is 8.12. The van der Waals surface area contributed by atoms with Crippen LogP contribution in [-0.2, 0) is 7.05 Å². The van der Waals surface area contributed by atoms with Crippen molar-refractivity contribution in [3.05, 3.63) is 53.2 Å². The molecule has 0 atom stereocenters. The van der Waals surface area contributed by atoms with E-state index in [1.54, 1.807) is 18.2 Å². The molecule has 4 aromatic rings. The third-order valence-electron chi connectivity index (χ3n) is 6.27. The molecule has 0 spiro atoms. The molecular weight excluding hydrogens is 440 g/mol. The van der Waals surface area contributed by atoms with Crippen LogP contribution >= 0.6 is 11.6 Å². The second kappa shape index (κ2) is 9.23. The number of tetrazole rings is 1. The van der Waals surface area contributed by atoms with Crippen LogP contribution in [0.15, 0.2) is 42.5 Å². The number of H-pyrrole nitrogens is 1. The van der Waals surface area contributed by atoms with E-state index in [0.717, 1.165) is 16.7 Å². The Labute approximate surface area is 196 Å². The summed E-state index contributed by atoms with van der Waals surface area (Å²) in [7, 11) is 1.88. The van der Waals surface area contributed by atoms with Gasteiger partial charge < -0.3 is 14.6 Å². The maximum absolute atomic E-state index is 13.3. The Balaban J connectivity index is 1.41. The number of carbonyl (C=O) groups is 1. The lowest BCUT2D eigenvalue weighted by Gasteiger charge is -2.22. The van der Waals surface area contributed by atoms with E-state index < -0.39 is 0 Å². The Bertz CT molecular complexity index is 1280. The van der Waals surface area contributed by atoms with Gasteiger partial charge in [0.2, 0.25) is 5.82 Å². The van der Waals surface area contributed by atoms with E-state index in [1.165, 1.54) is 32.1 Å². The zero-order valence-electron chi connectivity index (χ0n) is 18.3. The van der Waals surface area contributed by atoms with Crippen LogP contribution in [0.4, 0.5) is 5.69 Å². The van der Waals surface area contributed by atoms with Gasteiger partial charge in [-0.1, -0.05) is 43.0 Å². The number of benzene rings is 2. The second-order valence-corrected chi connectivity index (χ2v) is 8.91. The molecule has 1 saturated carbocycles. The zero-order valence-corrected chi connectivity index (χ0v) is 19.1. The molecule has 1 aliphatic carbocycles. The first kappa shape index (κ1) is 21.5. The van der Waals surface area contributed by atoms with Gasteiger partial charge in [-0.3, -0.25) is 4.79 Å². The monoisotopic (exact) mass is 464 g/mol. The number of carbonyl (C=O) groups excluding carboxylic acids is 1. The number of nitrogens with one attached hydrogen (secondary N) is 2. The number of hydrogen-bond acceptors (Lipinski definition) is 5. The summed E-state index contributed by atoms with van der Waals surface area (Å²) in [6, 6.07) is 12.9. The molecular formula is C24H25ClN6O2. The zero-order chi connectivity index (χ0) is 22.8. The summed E-state index contributed by atoms with van der Waals surface area (Å²) in [5.41, 5.74) is 2.56. The van der Waals surface area contributed by atoms with Gasteiger partial charge in [0.05, 0.1) is 17.8 Å². The third kappa shape index (κ3) is 4.43. The molecule has 0 saturated heterocycles. The number of fused-ring (bicyclic) bond motifs is 1. The van der Waals surface area contributed by atoms with E-state index in [1.807, 2.05) is 35.9 Å². The third-order valence-corrected chi connectivity index (χ3v) is 6.50. The van der Waals surface area contributed by atoms with E-state index in [9.17, 15) is 4.79 Å². The van der Waals surface area contributed by atoms with E-state index in [0.29, 0.717) is 40.3 Å². The highest BCUT2D eigenvalue weighted by Gasteiger charge is 2.20. The number of amides is 1. The van der Waals surface area contributed by atoms with Crippen molar-refractivity contribution in [3.8, 4) is 17.1 Å². The standard InChI is InChI=1S/C24H25ClN6O2/c1-31-20(24(32)26-19-11-10-17(25)13-18(19)23-27-29-30-28-23)12-16-8-5-9-21(22(16)31)33-14-15-6-3-2-4-7-15/h5,8-13,15H,2-4,6-7,14H2,1H3,(H,26,32)(H,27,28,29,30). The van der Waals surface area contributed by atoms with E-state index in [2.05, 4.69) is 25.9 Å². The van der Waals surface area contributed by atoms with Crippen molar-refractivity contribution in [3.63, 3.8) is 0 Å². The van der Waals surface area contributed by atoms with Gasteiger partial charge in [0.25, 0.3) is 5.91 Å². The summed E-state index contributed by atoms with van der Waals surface area (Å²) in [5.74, 6) is 1.51. The van der Waals surface area contributed by atoms with E-state index in [4.69, 9.17) is 16.3 Å². The number of anilines is 1. The number of nitrogens with zero attached hydrogens (tertiary/aromatic N) is 4. The van der Waals surface area contributed by atoms with Gasteiger partial charge in [-0.25, -0.2) is 0 Å². The van der Waals surface area contributed by atoms with Crippen molar-refractivity contribution >= 4 is 34.1 Å². The molecule has 2 aromatic carbocycles. The molecule has 8 nitrogen and oxygen atoms in total. The molecule has 2 heterocycles. The fourth-order valence-electron chi connectivity index (χ4n) is 4.55. The summed E-state index contributed by atoms with van der Waals surface area (Å²) in [4.78, 5) is 13.3. The largest absolute Gasteiger partial charge is 0.491 e.